The van der Waals surface area contributed by atoms with E-state index in [-0.39, 0.29) is 5.82 Å². The van der Waals surface area contributed by atoms with Gasteiger partial charge in [0.25, 0.3) is 0 Å². The molecule has 4 aromatic carbocycles. The monoisotopic (exact) mass is 416 g/mol. The van der Waals surface area contributed by atoms with Crippen molar-refractivity contribution < 1.29 is 9.50 Å². The van der Waals surface area contributed by atoms with E-state index >= 15 is 0 Å². The predicted octanol–water partition coefficient (Wildman–Crippen LogP) is 5.82. The lowest BCUT2D eigenvalue weighted by atomic mass is 9.86. The van der Waals surface area contributed by atoms with E-state index in [1.807, 2.05) is 91.9 Å². The summed E-state index contributed by atoms with van der Waals surface area (Å²) in [5, 5.41) is 11.6. The summed E-state index contributed by atoms with van der Waals surface area (Å²) in [6.07, 6.45) is 0. The fraction of sp³-hybridized carbons (Fsp3) is 0.0667. The minimum Gasteiger partial charge on any atom is -0.369 e. The van der Waals surface area contributed by atoms with Crippen LogP contribution in [0.1, 0.15) is 33.4 Å². The summed E-state index contributed by atoms with van der Waals surface area (Å²) in [5.41, 5.74) is 2.82. The van der Waals surface area contributed by atoms with Gasteiger partial charge in [-0.05, 0) is 37.3 Å². The zero-order chi connectivity index (χ0) is 22.4. The number of rotatable bonds is 2. The van der Waals surface area contributed by atoms with Crippen molar-refractivity contribution in [2.75, 3.05) is 0 Å². The summed E-state index contributed by atoms with van der Waals surface area (Å²) >= 11 is 0. The van der Waals surface area contributed by atoms with E-state index < -0.39 is 5.60 Å². The lowest BCUT2D eigenvalue weighted by Gasteiger charge is -2.23. The molecule has 0 atom stereocenters. The number of halogens is 1. The van der Waals surface area contributed by atoms with Crippen LogP contribution in [0, 0.1) is 36.4 Å². The topological polar surface area (TPSA) is 20.2 Å². The molecule has 0 bridgehead atoms. The first-order valence-corrected chi connectivity index (χ1v) is 10.3. The molecule has 0 spiro atoms. The molecule has 0 aliphatic carbocycles. The van der Waals surface area contributed by atoms with Crippen molar-refractivity contribution in [2.45, 2.75) is 12.5 Å². The van der Waals surface area contributed by atoms with E-state index in [2.05, 4.69) is 23.7 Å². The molecule has 0 saturated heterocycles. The highest BCUT2D eigenvalue weighted by atomic mass is 19.1. The third-order valence-electron chi connectivity index (χ3n) is 5.14. The third-order valence-corrected chi connectivity index (χ3v) is 5.14. The molecule has 0 aromatic heterocycles. The van der Waals surface area contributed by atoms with Crippen molar-refractivity contribution in [3.05, 3.63) is 142 Å². The molecule has 1 nitrogen and oxygen atoms in total. The molecule has 0 amide bonds. The van der Waals surface area contributed by atoms with Gasteiger partial charge in [0.2, 0.25) is 0 Å². The molecule has 0 radical (unpaired) electrons. The van der Waals surface area contributed by atoms with Crippen LogP contribution in [0.5, 0.6) is 0 Å². The van der Waals surface area contributed by atoms with Gasteiger partial charge in [0.15, 0.2) is 5.60 Å². The minimum atomic E-state index is -1.52. The van der Waals surface area contributed by atoms with Crippen molar-refractivity contribution >= 4 is 0 Å². The molecule has 0 aliphatic heterocycles. The van der Waals surface area contributed by atoms with Crippen LogP contribution in [-0.2, 0) is 5.60 Å². The van der Waals surface area contributed by atoms with Crippen molar-refractivity contribution in [3.63, 3.8) is 0 Å². The van der Waals surface area contributed by atoms with Gasteiger partial charge in [-0.25, -0.2) is 4.39 Å². The smallest absolute Gasteiger partial charge is 0.177 e. The number of benzene rings is 4. The van der Waals surface area contributed by atoms with Gasteiger partial charge in [0, 0.05) is 27.8 Å². The van der Waals surface area contributed by atoms with Gasteiger partial charge in [-0.2, -0.15) is 0 Å². The first-order chi connectivity index (χ1) is 15.5. The highest BCUT2D eigenvalue weighted by Gasteiger charge is 2.29. The molecular formula is C30H21FO. The van der Waals surface area contributed by atoms with Gasteiger partial charge in [-0.3, -0.25) is 0 Å². The average Bonchev–Trinajstić information content (AvgIpc) is 2.84. The molecule has 2 heteroatoms. The Balaban J connectivity index is 1.79. The first-order valence-electron chi connectivity index (χ1n) is 10.3. The van der Waals surface area contributed by atoms with Crippen molar-refractivity contribution in [1.82, 2.24) is 0 Å². The standard InChI is InChI=1S/C30H21FO/c1-23-12-14-24(15-13-23)16-17-26-22-29(31)19-18-25(26)20-21-30(32,27-8-4-2-5-9-27)28-10-6-3-7-11-28/h2-15,18-19,22,32H,1H3. The van der Waals surface area contributed by atoms with Crippen molar-refractivity contribution in [1.29, 1.82) is 0 Å². The quantitative estimate of drug-likeness (QED) is 0.408. The summed E-state index contributed by atoms with van der Waals surface area (Å²) in [5.74, 6) is 11.8. The fourth-order valence-electron chi connectivity index (χ4n) is 3.33. The molecule has 32 heavy (non-hydrogen) atoms. The van der Waals surface area contributed by atoms with Gasteiger partial charge in [-0.15, -0.1) is 0 Å². The maximum absolute atomic E-state index is 14.0. The van der Waals surface area contributed by atoms with Crippen LogP contribution in [0.15, 0.2) is 103 Å². The molecule has 0 heterocycles. The second-order valence-corrected chi connectivity index (χ2v) is 7.50. The van der Waals surface area contributed by atoms with E-state index in [1.165, 1.54) is 12.1 Å². The molecule has 0 saturated carbocycles. The largest absolute Gasteiger partial charge is 0.369 e. The minimum absolute atomic E-state index is 0.384. The van der Waals surface area contributed by atoms with Crippen LogP contribution in [0.3, 0.4) is 0 Å². The lowest BCUT2D eigenvalue weighted by molar-refractivity contribution is 0.145. The average molecular weight is 416 g/mol. The Kier molecular flexibility index (Phi) is 6.18. The van der Waals surface area contributed by atoms with Crippen LogP contribution in [0.25, 0.3) is 0 Å². The van der Waals surface area contributed by atoms with Gasteiger partial charge >= 0.3 is 0 Å². The third kappa shape index (κ3) is 4.79. The maximum atomic E-state index is 14.0. The zero-order valence-corrected chi connectivity index (χ0v) is 17.6. The summed E-state index contributed by atoms with van der Waals surface area (Å²) in [6, 6.07) is 30.7. The molecule has 0 aliphatic rings. The second-order valence-electron chi connectivity index (χ2n) is 7.50. The Hall–Kier alpha value is -4.11. The van der Waals surface area contributed by atoms with Crippen molar-refractivity contribution in [3.8, 4) is 23.7 Å². The summed E-state index contributed by atoms with van der Waals surface area (Å²) in [7, 11) is 0. The lowest BCUT2D eigenvalue weighted by Crippen LogP contribution is -2.25. The van der Waals surface area contributed by atoms with Gasteiger partial charge in [-0.1, -0.05) is 102 Å². The van der Waals surface area contributed by atoms with Crippen molar-refractivity contribution in [2.24, 2.45) is 0 Å². The number of aliphatic hydroxyl groups is 1. The van der Waals surface area contributed by atoms with E-state index in [0.717, 1.165) is 11.1 Å². The normalized spacial score (nSPS) is 10.5. The molecular weight excluding hydrogens is 395 g/mol. The highest BCUT2D eigenvalue weighted by Crippen LogP contribution is 2.29. The predicted molar refractivity (Wildman–Crippen MR) is 126 cm³/mol. The van der Waals surface area contributed by atoms with E-state index in [4.69, 9.17) is 0 Å². The number of hydrogen-bond acceptors (Lipinski definition) is 1. The van der Waals surface area contributed by atoms with E-state index in [9.17, 15) is 9.50 Å². The van der Waals surface area contributed by atoms with Crippen LogP contribution in [0.4, 0.5) is 4.39 Å². The number of aryl methyl sites for hydroxylation is 1. The summed E-state index contributed by atoms with van der Waals surface area (Å²) in [4.78, 5) is 0. The Morgan fingerprint density at radius 2 is 1.25 bits per heavy atom. The Morgan fingerprint density at radius 1 is 0.656 bits per heavy atom. The Labute approximate surface area is 188 Å². The van der Waals surface area contributed by atoms with Crippen LogP contribution < -0.4 is 0 Å². The fourth-order valence-corrected chi connectivity index (χ4v) is 3.33. The maximum Gasteiger partial charge on any atom is 0.177 e. The SMILES string of the molecule is Cc1ccc(C#Cc2cc(F)ccc2C#CC(O)(c2ccccc2)c2ccccc2)cc1. The molecule has 0 fully saturated rings. The summed E-state index contributed by atoms with van der Waals surface area (Å²) in [6.45, 7) is 2.01. The molecule has 0 unspecified atom stereocenters. The van der Waals surface area contributed by atoms with Gasteiger partial charge in [0.1, 0.15) is 5.82 Å². The summed E-state index contributed by atoms with van der Waals surface area (Å²) < 4.78 is 14.0. The molecule has 4 rings (SSSR count). The highest BCUT2D eigenvalue weighted by molar-refractivity contribution is 5.55. The molecule has 154 valence electrons. The zero-order valence-electron chi connectivity index (χ0n) is 17.6. The van der Waals surface area contributed by atoms with Crippen LogP contribution in [0.2, 0.25) is 0 Å². The van der Waals surface area contributed by atoms with E-state index in [0.29, 0.717) is 22.3 Å². The number of hydrogen-bond donors (Lipinski definition) is 1. The second kappa shape index (κ2) is 9.36. The van der Waals surface area contributed by atoms with E-state index in [1.54, 1.807) is 6.07 Å². The van der Waals surface area contributed by atoms with Gasteiger partial charge < -0.3 is 5.11 Å². The van der Waals surface area contributed by atoms with Gasteiger partial charge in [0.05, 0.1) is 0 Å². The van der Waals surface area contributed by atoms with Crippen LogP contribution in [-0.4, -0.2) is 5.11 Å². The Morgan fingerprint density at radius 3 is 1.84 bits per heavy atom. The Bertz CT molecular complexity index is 1290. The van der Waals surface area contributed by atoms with Crippen LogP contribution >= 0.6 is 0 Å². The molecule has 1 N–H and O–H groups in total. The first kappa shape index (κ1) is 21.1. The molecule has 4 aromatic rings.